The van der Waals surface area contributed by atoms with Crippen LogP contribution in [-0.2, 0) is 16.0 Å². The molecule has 6 heteroatoms. The lowest BCUT2D eigenvalue weighted by atomic mass is 10.1. The maximum Gasteiger partial charge on any atom is 0.344 e. The Morgan fingerprint density at radius 3 is 2.68 bits per heavy atom. The summed E-state index contributed by atoms with van der Waals surface area (Å²) in [6, 6.07) is 3.23. The largest absolute Gasteiger partial charge is 0.480 e. The SMILES string of the molecule is CCOC(=O)COc1c(Cl)cc(Cl)cc1CC(C)N. The van der Waals surface area contributed by atoms with Crippen molar-refractivity contribution in [2.75, 3.05) is 13.2 Å². The average molecular weight is 306 g/mol. The Bertz CT molecular complexity index is 450. The number of benzene rings is 1. The van der Waals surface area contributed by atoms with Gasteiger partial charge in [-0.25, -0.2) is 4.79 Å². The van der Waals surface area contributed by atoms with Crippen LogP contribution in [0.4, 0.5) is 0 Å². The van der Waals surface area contributed by atoms with Crippen LogP contribution in [0.5, 0.6) is 5.75 Å². The summed E-state index contributed by atoms with van der Waals surface area (Å²) in [6.45, 7) is 3.71. The second kappa shape index (κ2) is 7.58. The lowest BCUT2D eigenvalue weighted by Crippen LogP contribution is -2.20. The molecule has 0 bridgehead atoms. The molecule has 2 N–H and O–H groups in total. The molecular formula is C13H17Cl2NO3. The van der Waals surface area contributed by atoms with Crippen molar-refractivity contribution in [3.05, 3.63) is 27.7 Å². The molecule has 0 aliphatic carbocycles. The molecule has 4 nitrogen and oxygen atoms in total. The summed E-state index contributed by atoms with van der Waals surface area (Å²) in [6.07, 6.45) is 0.554. The lowest BCUT2D eigenvalue weighted by molar-refractivity contribution is -0.145. The molecule has 0 saturated carbocycles. The normalized spacial score (nSPS) is 12.1. The summed E-state index contributed by atoms with van der Waals surface area (Å²) < 4.78 is 10.2. The first-order valence-corrected chi connectivity index (χ1v) is 6.71. The van der Waals surface area contributed by atoms with Crippen molar-refractivity contribution < 1.29 is 14.3 Å². The molecule has 19 heavy (non-hydrogen) atoms. The summed E-state index contributed by atoms with van der Waals surface area (Å²) in [4.78, 5) is 11.3. The highest BCUT2D eigenvalue weighted by Gasteiger charge is 2.14. The minimum absolute atomic E-state index is 0.0699. The molecule has 1 unspecified atom stereocenters. The number of hydrogen-bond acceptors (Lipinski definition) is 4. The molecule has 0 fully saturated rings. The Kier molecular flexibility index (Phi) is 6.42. The van der Waals surface area contributed by atoms with Crippen LogP contribution in [0.2, 0.25) is 10.0 Å². The molecule has 0 aliphatic rings. The molecule has 0 amide bonds. The van der Waals surface area contributed by atoms with Gasteiger partial charge in [0.15, 0.2) is 6.61 Å². The molecule has 0 spiro atoms. The number of nitrogens with two attached hydrogens (primary N) is 1. The van der Waals surface area contributed by atoms with E-state index >= 15 is 0 Å². The van der Waals surface area contributed by atoms with Crippen molar-refractivity contribution in [3.63, 3.8) is 0 Å². The van der Waals surface area contributed by atoms with Crippen molar-refractivity contribution in [1.82, 2.24) is 0 Å². The highest BCUT2D eigenvalue weighted by atomic mass is 35.5. The number of carbonyl (C=O) groups excluding carboxylic acids is 1. The summed E-state index contributed by atoms with van der Waals surface area (Å²) >= 11 is 12.0. The fraction of sp³-hybridized carbons (Fsp3) is 0.462. The Hall–Kier alpha value is -0.970. The average Bonchev–Trinajstić information content (AvgIpc) is 2.27. The topological polar surface area (TPSA) is 61.5 Å². The second-order valence-electron chi connectivity index (χ2n) is 4.15. The quantitative estimate of drug-likeness (QED) is 0.821. The second-order valence-corrected chi connectivity index (χ2v) is 4.99. The van der Waals surface area contributed by atoms with Gasteiger partial charge in [0.25, 0.3) is 0 Å². The standard InChI is InChI=1S/C13H17Cl2NO3/c1-3-18-12(17)7-19-13-9(4-8(2)16)5-10(14)6-11(13)15/h5-6,8H,3-4,7,16H2,1-2H3. The van der Waals surface area contributed by atoms with Crippen LogP contribution in [0.15, 0.2) is 12.1 Å². The predicted octanol–water partition coefficient (Wildman–Crippen LogP) is 2.83. The number of carbonyl (C=O) groups is 1. The van der Waals surface area contributed by atoms with Crippen molar-refractivity contribution >= 4 is 29.2 Å². The summed E-state index contributed by atoms with van der Waals surface area (Å²) in [5, 5.41) is 0.858. The molecule has 1 aromatic rings. The minimum atomic E-state index is -0.444. The number of rotatable bonds is 6. The molecule has 1 atom stereocenters. The van der Waals surface area contributed by atoms with E-state index in [0.717, 1.165) is 5.56 Å². The molecule has 1 aromatic carbocycles. The summed E-state index contributed by atoms with van der Waals surface area (Å²) in [7, 11) is 0. The van der Waals surface area contributed by atoms with Crippen molar-refractivity contribution in [1.29, 1.82) is 0 Å². The van der Waals surface area contributed by atoms with E-state index in [9.17, 15) is 4.79 Å². The summed E-state index contributed by atoms with van der Waals surface area (Å²) in [5.74, 6) is -0.0170. The van der Waals surface area contributed by atoms with Gasteiger partial charge in [0, 0.05) is 11.1 Å². The Balaban J connectivity index is 2.88. The zero-order valence-electron chi connectivity index (χ0n) is 10.9. The Morgan fingerprint density at radius 2 is 2.11 bits per heavy atom. The first-order chi connectivity index (χ1) is 8.93. The monoisotopic (exact) mass is 305 g/mol. The molecule has 0 heterocycles. The number of halogens is 2. The van der Waals surface area contributed by atoms with E-state index < -0.39 is 5.97 Å². The zero-order valence-corrected chi connectivity index (χ0v) is 12.4. The van der Waals surface area contributed by atoms with Crippen molar-refractivity contribution in [2.24, 2.45) is 5.73 Å². The smallest absolute Gasteiger partial charge is 0.344 e. The van der Waals surface area contributed by atoms with Crippen LogP contribution >= 0.6 is 23.2 Å². The van der Waals surface area contributed by atoms with E-state index in [1.54, 1.807) is 19.1 Å². The maximum atomic E-state index is 11.3. The van der Waals surface area contributed by atoms with Gasteiger partial charge >= 0.3 is 5.97 Å². The third kappa shape index (κ3) is 5.27. The van der Waals surface area contributed by atoms with Gasteiger partial charge < -0.3 is 15.2 Å². The van der Waals surface area contributed by atoms with Gasteiger partial charge in [-0.15, -0.1) is 0 Å². The number of hydrogen-bond donors (Lipinski definition) is 1. The van der Waals surface area contributed by atoms with Crippen molar-refractivity contribution in [2.45, 2.75) is 26.3 Å². The first-order valence-electron chi connectivity index (χ1n) is 5.96. The molecule has 106 valence electrons. The fourth-order valence-electron chi connectivity index (χ4n) is 1.61. The molecule has 0 aromatic heterocycles. The third-order valence-corrected chi connectivity index (χ3v) is 2.77. The minimum Gasteiger partial charge on any atom is -0.480 e. The first kappa shape index (κ1) is 16.1. The molecule has 0 radical (unpaired) electrons. The Morgan fingerprint density at radius 1 is 1.42 bits per heavy atom. The van der Waals surface area contributed by atoms with E-state index in [-0.39, 0.29) is 12.6 Å². The molecular weight excluding hydrogens is 289 g/mol. The van der Waals surface area contributed by atoms with Gasteiger partial charge in [-0.05, 0) is 38.0 Å². The third-order valence-electron chi connectivity index (χ3n) is 2.27. The van der Waals surface area contributed by atoms with Crippen LogP contribution < -0.4 is 10.5 Å². The van der Waals surface area contributed by atoms with Gasteiger partial charge in [-0.2, -0.15) is 0 Å². The lowest BCUT2D eigenvalue weighted by Gasteiger charge is -2.14. The molecule has 0 aliphatic heterocycles. The molecule has 0 saturated heterocycles. The van der Waals surface area contributed by atoms with Crippen molar-refractivity contribution in [3.8, 4) is 5.75 Å². The van der Waals surface area contributed by atoms with Gasteiger partial charge in [0.1, 0.15) is 5.75 Å². The molecule has 1 rings (SSSR count). The van der Waals surface area contributed by atoms with Gasteiger partial charge in [-0.3, -0.25) is 0 Å². The summed E-state index contributed by atoms with van der Waals surface area (Å²) in [5.41, 5.74) is 6.54. The van der Waals surface area contributed by atoms with E-state index in [1.807, 2.05) is 6.92 Å². The van der Waals surface area contributed by atoms with Crippen LogP contribution in [0.1, 0.15) is 19.4 Å². The number of esters is 1. The fourth-order valence-corrected chi connectivity index (χ4v) is 2.20. The zero-order chi connectivity index (χ0) is 14.4. The van der Waals surface area contributed by atoms with E-state index in [2.05, 4.69) is 0 Å². The number of ether oxygens (including phenoxy) is 2. The van der Waals surface area contributed by atoms with Crippen LogP contribution in [0.25, 0.3) is 0 Å². The van der Waals surface area contributed by atoms with E-state index in [0.29, 0.717) is 28.8 Å². The predicted molar refractivity (Wildman–Crippen MR) is 75.9 cm³/mol. The van der Waals surface area contributed by atoms with Gasteiger partial charge in [-0.1, -0.05) is 23.2 Å². The highest BCUT2D eigenvalue weighted by Crippen LogP contribution is 2.33. The van der Waals surface area contributed by atoms with E-state index in [1.165, 1.54) is 0 Å². The van der Waals surface area contributed by atoms with Crippen LogP contribution in [-0.4, -0.2) is 25.2 Å². The van der Waals surface area contributed by atoms with Crippen LogP contribution in [0, 0.1) is 0 Å². The van der Waals surface area contributed by atoms with Gasteiger partial charge in [0.05, 0.1) is 11.6 Å². The highest BCUT2D eigenvalue weighted by molar-refractivity contribution is 6.35. The van der Waals surface area contributed by atoms with Crippen LogP contribution in [0.3, 0.4) is 0 Å². The Labute approximate surface area is 122 Å². The van der Waals surface area contributed by atoms with Gasteiger partial charge in [0.2, 0.25) is 0 Å². The maximum absolute atomic E-state index is 11.3. The van der Waals surface area contributed by atoms with E-state index in [4.69, 9.17) is 38.4 Å².